The molecule has 3 rings (SSSR count). The zero-order chi connectivity index (χ0) is 19.1. The summed E-state index contributed by atoms with van der Waals surface area (Å²) in [6, 6.07) is 22.3. The van der Waals surface area contributed by atoms with Crippen molar-refractivity contribution in [2.75, 3.05) is 5.32 Å². The first kappa shape index (κ1) is 18.8. The van der Waals surface area contributed by atoms with Crippen LogP contribution in [0.4, 0.5) is 5.69 Å². The van der Waals surface area contributed by atoms with E-state index >= 15 is 0 Å². The lowest BCUT2D eigenvalue weighted by Crippen LogP contribution is -2.10. The van der Waals surface area contributed by atoms with Gasteiger partial charge in [0.25, 0.3) is 0 Å². The number of rotatable bonds is 7. The van der Waals surface area contributed by atoms with Crippen LogP contribution >= 0.6 is 11.6 Å². The number of carbonyl (C=O) groups is 1. The fourth-order valence-electron chi connectivity index (χ4n) is 2.38. The zero-order valence-corrected chi connectivity index (χ0v) is 15.7. The van der Waals surface area contributed by atoms with Crippen molar-refractivity contribution in [1.82, 2.24) is 0 Å². The summed E-state index contributed by atoms with van der Waals surface area (Å²) < 4.78 is 11.6. The van der Waals surface area contributed by atoms with Gasteiger partial charge in [0.15, 0.2) is 5.75 Å². The van der Waals surface area contributed by atoms with Crippen LogP contribution in [0.25, 0.3) is 0 Å². The molecule has 0 heterocycles. The average molecular weight is 382 g/mol. The van der Waals surface area contributed by atoms with Crippen molar-refractivity contribution in [1.29, 1.82) is 0 Å². The van der Waals surface area contributed by atoms with Gasteiger partial charge in [0.05, 0.1) is 5.69 Å². The SMILES string of the molecule is CCC(=O)Nc1ccccc1Oc1ccc(COc2ccc(Cl)cc2)cc1. The normalized spacial score (nSPS) is 10.3. The minimum atomic E-state index is -0.0549. The highest BCUT2D eigenvalue weighted by Crippen LogP contribution is 2.29. The zero-order valence-electron chi connectivity index (χ0n) is 14.9. The molecule has 0 unspecified atom stereocenters. The lowest BCUT2D eigenvalue weighted by Gasteiger charge is -2.12. The number of halogens is 1. The first-order valence-corrected chi connectivity index (χ1v) is 9.06. The molecule has 5 heteroatoms. The van der Waals surface area contributed by atoms with E-state index in [1.165, 1.54) is 0 Å². The van der Waals surface area contributed by atoms with Crippen molar-refractivity contribution in [3.8, 4) is 17.2 Å². The molecular formula is C22H20ClNO3. The molecule has 0 aliphatic heterocycles. The van der Waals surface area contributed by atoms with Gasteiger partial charge in [-0.15, -0.1) is 0 Å². The lowest BCUT2D eigenvalue weighted by molar-refractivity contribution is -0.115. The van der Waals surface area contributed by atoms with Crippen LogP contribution in [0.3, 0.4) is 0 Å². The molecule has 3 aromatic rings. The van der Waals surface area contributed by atoms with Crippen molar-refractivity contribution < 1.29 is 14.3 Å². The van der Waals surface area contributed by atoms with Crippen LogP contribution in [0, 0.1) is 0 Å². The maximum Gasteiger partial charge on any atom is 0.224 e. The smallest absolute Gasteiger partial charge is 0.224 e. The summed E-state index contributed by atoms with van der Waals surface area (Å²) in [5.74, 6) is 1.99. The highest BCUT2D eigenvalue weighted by molar-refractivity contribution is 6.30. The summed E-state index contributed by atoms with van der Waals surface area (Å²) in [6.45, 7) is 2.26. The van der Waals surface area contributed by atoms with Crippen molar-refractivity contribution in [2.24, 2.45) is 0 Å². The summed E-state index contributed by atoms with van der Waals surface area (Å²) in [4.78, 5) is 11.7. The van der Waals surface area contributed by atoms with Crippen molar-refractivity contribution in [3.05, 3.63) is 83.4 Å². The molecule has 0 aliphatic carbocycles. The van der Waals surface area contributed by atoms with E-state index in [0.29, 0.717) is 35.2 Å². The van der Waals surface area contributed by atoms with Gasteiger partial charge in [-0.1, -0.05) is 42.8 Å². The van der Waals surface area contributed by atoms with E-state index in [4.69, 9.17) is 21.1 Å². The Morgan fingerprint density at radius 1 is 0.926 bits per heavy atom. The van der Waals surface area contributed by atoms with Crippen molar-refractivity contribution in [3.63, 3.8) is 0 Å². The van der Waals surface area contributed by atoms with Gasteiger partial charge in [-0.3, -0.25) is 4.79 Å². The topological polar surface area (TPSA) is 47.6 Å². The van der Waals surface area contributed by atoms with E-state index in [-0.39, 0.29) is 5.91 Å². The van der Waals surface area contributed by atoms with E-state index < -0.39 is 0 Å². The number of anilines is 1. The molecule has 1 amide bonds. The Hall–Kier alpha value is -2.98. The maximum atomic E-state index is 11.7. The second-order valence-corrected chi connectivity index (χ2v) is 6.32. The van der Waals surface area contributed by atoms with Gasteiger partial charge in [-0.2, -0.15) is 0 Å². The Morgan fingerprint density at radius 3 is 2.30 bits per heavy atom. The van der Waals surface area contributed by atoms with Gasteiger partial charge < -0.3 is 14.8 Å². The van der Waals surface area contributed by atoms with Crippen LogP contribution < -0.4 is 14.8 Å². The number of ether oxygens (including phenoxy) is 2. The second-order valence-electron chi connectivity index (χ2n) is 5.89. The van der Waals surface area contributed by atoms with Crippen LogP contribution in [0.2, 0.25) is 5.02 Å². The van der Waals surface area contributed by atoms with Gasteiger partial charge in [0.1, 0.15) is 18.1 Å². The third-order valence-electron chi connectivity index (χ3n) is 3.85. The first-order valence-electron chi connectivity index (χ1n) is 8.68. The van der Waals surface area contributed by atoms with Gasteiger partial charge in [0.2, 0.25) is 5.91 Å². The summed E-state index contributed by atoms with van der Waals surface area (Å²) in [5, 5.41) is 3.52. The quantitative estimate of drug-likeness (QED) is 0.541. The van der Waals surface area contributed by atoms with E-state index in [2.05, 4.69) is 5.32 Å². The molecule has 0 bridgehead atoms. The summed E-state index contributed by atoms with van der Waals surface area (Å²) >= 11 is 5.87. The Labute approximate surface area is 163 Å². The molecule has 0 radical (unpaired) electrons. The minimum absolute atomic E-state index is 0.0549. The van der Waals surface area contributed by atoms with Crippen molar-refractivity contribution >= 4 is 23.2 Å². The fraction of sp³-hybridized carbons (Fsp3) is 0.136. The summed E-state index contributed by atoms with van der Waals surface area (Å²) in [5.41, 5.74) is 1.67. The molecule has 1 N–H and O–H groups in total. The Morgan fingerprint density at radius 2 is 1.59 bits per heavy atom. The second kappa shape index (κ2) is 9.10. The largest absolute Gasteiger partial charge is 0.489 e. The highest BCUT2D eigenvalue weighted by Gasteiger charge is 2.07. The molecule has 138 valence electrons. The standard InChI is InChI=1S/C22H20ClNO3/c1-2-22(25)24-20-5-3-4-6-21(20)27-19-11-7-16(8-12-19)15-26-18-13-9-17(23)10-14-18/h3-14H,2,15H2,1H3,(H,24,25). The average Bonchev–Trinajstić information content (AvgIpc) is 2.70. The van der Waals surface area contributed by atoms with Gasteiger partial charge in [-0.25, -0.2) is 0 Å². The molecule has 3 aromatic carbocycles. The van der Waals surface area contributed by atoms with Gasteiger partial charge in [-0.05, 0) is 54.1 Å². The van der Waals surface area contributed by atoms with E-state index in [0.717, 1.165) is 11.3 Å². The predicted molar refractivity (Wildman–Crippen MR) is 108 cm³/mol. The Balaban J connectivity index is 1.62. The monoisotopic (exact) mass is 381 g/mol. The molecule has 0 aromatic heterocycles. The molecule has 0 saturated carbocycles. The van der Waals surface area contributed by atoms with Gasteiger partial charge in [0, 0.05) is 11.4 Å². The highest BCUT2D eigenvalue weighted by atomic mass is 35.5. The molecule has 0 aliphatic rings. The molecule has 0 saturated heterocycles. The van der Waals surface area contributed by atoms with Crippen LogP contribution in [-0.4, -0.2) is 5.91 Å². The number of hydrogen-bond donors (Lipinski definition) is 1. The number of carbonyl (C=O) groups excluding carboxylic acids is 1. The third kappa shape index (κ3) is 5.50. The number of hydrogen-bond acceptors (Lipinski definition) is 3. The molecule has 4 nitrogen and oxygen atoms in total. The number of amides is 1. The fourth-order valence-corrected chi connectivity index (χ4v) is 2.50. The van der Waals surface area contributed by atoms with E-state index in [9.17, 15) is 4.79 Å². The van der Waals surface area contributed by atoms with Gasteiger partial charge >= 0.3 is 0 Å². The molecule has 0 atom stereocenters. The minimum Gasteiger partial charge on any atom is -0.489 e. The lowest BCUT2D eigenvalue weighted by atomic mass is 10.2. The van der Waals surface area contributed by atoms with E-state index in [1.54, 1.807) is 12.1 Å². The molecule has 27 heavy (non-hydrogen) atoms. The summed E-state index contributed by atoms with van der Waals surface area (Å²) in [7, 11) is 0. The summed E-state index contributed by atoms with van der Waals surface area (Å²) in [6.07, 6.45) is 0.413. The molecule has 0 fully saturated rings. The molecule has 0 spiro atoms. The predicted octanol–water partition coefficient (Wildman–Crippen LogP) is 6.06. The number of para-hydroxylation sites is 2. The Kier molecular flexibility index (Phi) is 6.34. The van der Waals surface area contributed by atoms with Crippen molar-refractivity contribution in [2.45, 2.75) is 20.0 Å². The van der Waals surface area contributed by atoms with Crippen LogP contribution in [-0.2, 0) is 11.4 Å². The van der Waals surface area contributed by atoms with Crippen LogP contribution in [0.15, 0.2) is 72.8 Å². The maximum absolute atomic E-state index is 11.7. The van der Waals surface area contributed by atoms with Crippen LogP contribution in [0.5, 0.6) is 17.2 Å². The number of benzene rings is 3. The Bertz CT molecular complexity index is 892. The molecular weight excluding hydrogens is 362 g/mol. The van der Waals surface area contributed by atoms with E-state index in [1.807, 2.05) is 67.6 Å². The number of nitrogens with one attached hydrogen (secondary N) is 1. The first-order chi connectivity index (χ1) is 13.1. The van der Waals surface area contributed by atoms with Crippen LogP contribution in [0.1, 0.15) is 18.9 Å². The third-order valence-corrected chi connectivity index (χ3v) is 4.10.